The molecule has 0 fully saturated rings. The van der Waals surface area contributed by atoms with Gasteiger partial charge in [0.25, 0.3) is 0 Å². The highest BCUT2D eigenvalue weighted by molar-refractivity contribution is 5.30. The fourth-order valence-corrected chi connectivity index (χ4v) is 1.33. The Kier molecular flexibility index (Phi) is 3.96. The van der Waals surface area contributed by atoms with E-state index in [9.17, 15) is 0 Å². The summed E-state index contributed by atoms with van der Waals surface area (Å²) in [6, 6.07) is 8.13. The van der Waals surface area contributed by atoms with E-state index in [1.54, 1.807) is 0 Å². The number of benzene rings is 1. The molecule has 0 aliphatic heterocycles. The van der Waals surface area contributed by atoms with Crippen molar-refractivity contribution in [2.24, 2.45) is 5.73 Å². The zero-order valence-electron chi connectivity index (χ0n) is 9.16. The first-order valence-corrected chi connectivity index (χ1v) is 5.15. The second-order valence-electron chi connectivity index (χ2n) is 3.75. The first-order chi connectivity index (χ1) is 6.63. The van der Waals surface area contributed by atoms with Crippen molar-refractivity contribution >= 4 is 0 Å². The molecule has 1 rings (SSSR count). The van der Waals surface area contributed by atoms with Crippen LogP contribution >= 0.6 is 0 Å². The van der Waals surface area contributed by atoms with Gasteiger partial charge in [0.2, 0.25) is 0 Å². The highest BCUT2D eigenvalue weighted by Gasteiger charge is 2.04. The zero-order valence-corrected chi connectivity index (χ0v) is 9.16. The maximum absolute atomic E-state index is 5.94. The molecule has 1 aromatic carbocycles. The van der Waals surface area contributed by atoms with Gasteiger partial charge in [-0.15, -0.1) is 0 Å². The Labute approximate surface area is 86.1 Å². The Bertz CT molecular complexity index is 283. The summed E-state index contributed by atoms with van der Waals surface area (Å²) in [6.45, 7) is 6.12. The van der Waals surface area contributed by atoms with Crippen molar-refractivity contribution in [3.8, 4) is 5.75 Å². The molecule has 0 saturated carbocycles. The minimum Gasteiger partial charge on any atom is -0.491 e. The van der Waals surface area contributed by atoms with Gasteiger partial charge in [0.15, 0.2) is 0 Å². The van der Waals surface area contributed by atoms with E-state index in [-0.39, 0.29) is 12.1 Å². The minimum atomic E-state index is 0.116. The molecule has 0 aliphatic carbocycles. The smallest absolute Gasteiger partial charge is 0.120 e. The number of nitrogens with two attached hydrogens (primary N) is 1. The zero-order chi connectivity index (χ0) is 10.6. The van der Waals surface area contributed by atoms with Crippen LogP contribution < -0.4 is 10.5 Å². The van der Waals surface area contributed by atoms with Gasteiger partial charge in [-0.05, 0) is 38.0 Å². The lowest BCUT2D eigenvalue weighted by Gasteiger charge is -2.13. The van der Waals surface area contributed by atoms with Crippen LogP contribution in [0.15, 0.2) is 24.3 Å². The van der Waals surface area contributed by atoms with Crippen LogP contribution in [0.5, 0.6) is 5.75 Å². The largest absolute Gasteiger partial charge is 0.491 e. The Morgan fingerprint density at radius 2 is 2.07 bits per heavy atom. The van der Waals surface area contributed by atoms with Gasteiger partial charge in [-0.2, -0.15) is 0 Å². The van der Waals surface area contributed by atoms with E-state index in [1.807, 2.05) is 38.1 Å². The fourth-order valence-electron chi connectivity index (χ4n) is 1.33. The Hall–Kier alpha value is -1.02. The average molecular weight is 193 g/mol. The number of ether oxygens (including phenoxy) is 1. The van der Waals surface area contributed by atoms with Gasteiger partial charge < -0.3 is 10.5 Å². The third-order valence-corrected chi connectivity index (χ3v) is 2.10. The topological polar surface area (TPSA) is 35.2 Å². The molecule has 2 heteroatoms. The average Bonchev–Trinajstić information content (AvgIpc) is 2.16. The van der Waals surface area contributed by atoms with Crippen molar-refractivity contribution in [3.63, 3.8) is 0 Å². The van der Waals surface area contributed by atoms with E-state index in [2.05, 4.69) is 6.92 Å². The number of hydrogen-bond acceptors (Lipinski definition) is 2. The maximum atomic E-state index is 5.94. The van der Waals surface area contributed by atoms with E-state index in [4.69, 9.17) is 10.5 Å². The fraction of sp³-hybridized carbons (Fsp3) is 0.500. The number of rotatable bonds is 4. The second-order valence-corrected chi connectivity index (χ2v) is 3.75. The summed E-state index contributed by atoms with van der Waals surface area (Å²) in [5.74, 6) is 0.904. The summed E-state index contributed by atoms with van der Waals surface area (Å²) >= 11 is 0. The van der Waals surface area contributed by atoms with Crippen LogP contribution in [0.2, 0.25) is 0 Å². The maximum Gasteiger partial charge on any atom is 0.120 e. The van der Waals surface area contributed by atoms with Gasteiger partial charge in [0.05, 0.1) is 6.10 Å². The predicted molar refractivity (Wildman–Crippen MR) is 59.4 cm³/mol. The van der Waals surface area contributed by atoms with Gasteiger partial charge in [-0.25, -0.2) is 0 Å². The molecule has 0 radical (unpaired) electrons. The first kappa shape index (κ1) is 11.1. The van der Waals surface area contributed by atoms with Crippen molar-refractivity contribution in [1.29, 1.82) is 0 Å². The van der Waals surface area contributed by atoms with Gasteiger partial charge in [-0.1, -0.05) is 19.1 Å². The molecule has 0 aromatic heterocycles. The molecule has 0 amide bonds. The summed E-state index contributed by atoms with van der Waals surface area (Å²) in [5, 5.41) is 0. The number of hydrogen-bond donors (Lipinski definition) is 1. The highest BCUT2D eigenvalue weighted by Crippen LogP contribution is 2.20. The third kappa shape index (κ3) is 3.04. The molecule has 1 unspecified atom stereocenters. The van der Waals surface area contributed by atoms with Crippen LogP contribution in [-0.4, -0.2) is 6.10 Å². The van der Waals surface area contributed by atoms with E-state index in [0.29, 0.717) is 0 Å². The van der Waals surface area contributed by atoms with Crippen molar-refractivity contribution in [3.05, 3.63) is 29.8 Å². The minimum absolute atomic E-state index is 0.116. The monoisotopic (exact) mass is 193 g/mol. The molecule has 2 N–H and O–H groups in total. The van der Waals surface area contributed by atoms with Crippen LogP contribution in [0, 0.1) is 0 Å². The van der Waals surface area contributed by atoms with Crippen molar-refractivity contribution < 1.29 is 4.74 Å². The molecule has 1 atom stereocenters. The van der Waals surface area contributed by atoms with Crippen LogP contribution in [0.1, 0.15) is 38.8 Å². The van der Waals surface area contributed by atoms with Gasteiger partial charge in [0, 0.05) is 6.04 Å². The van der Waals surface area contributed by atoms with Gasteiger partial charge in [0.1, 0.15) is 5.75 Å². The lowest BCUT2D eigenvalue weighted by molar-refractivity contribution is 0.242. The van der Waals surface area contributed by atoms with Crippen LogP contribution in [0.4, 0.5) is 0 Å². The van der Waals surface area contributed by atoms with Crippen molar-refractivity contribution in [2.75, 3.05) is 0 Å². The first-order valence-electron chi connectivity index (χ1n) is 5.15. The summed E-state index contributed by atoms with van der Waals surface area (Å²) in [5.41, 5.74) is 7.08. The van der Waals surface area contributed by atoms with Crippen molar-refractivity contribution in [1.82, 2.24) is 0 Å². The van der Waals surface area contributed by atoms with Crippen molar-refractivity contribution in [2.45, 2.75) is 39.3 Å². The molecule has 78 valence electrons. The SMILES string of the molecule is CCC(N)c1cccc(OC(C)C)c1. The molecule has 0 saturated heterocycles. The van der Waals surface area contributed by atoms with E-state index < -0.39 is 0 Å². The van der Waals surface area contributed by atoms with Crippen LogP contribution in [-0.2, 0) is 0 Å². The van der Waals surface area contributed by atoms with E-state index >= 15 is 0 Å². The van der Waals surface area contributed by atoms with Crippen LogP contribution in [0.3, 0.4) is 0 Å². The molecular formula is C12H19NO. The summed E-state index contributed by atoms with van der Waals surface area (Å²) < 4.78 is 5.59. The molecule has 1 aromatic rings. The van der Waals surface area contributed by atoms with Gasteiger partial charge in [-0.3, -0.25) is 0 Å². The molecule has 0 spiro atoms. The molecule has 2 nitrogen and oxygen atoms in total. The summed E-state index contributed by atoms with van der Waals surface area (Å²) in [7, 11) is 0. The lowest BCUT2D eigenvalue weighted by atomic mass is 10.1. The normalized spacial score (nSPS) is 12.9. The molecule has 0 bridgehead atoms. The predicted octanol–water partition coefficient (Wildman–Crippen LogP) is 2.88. The highest BCUT2D eigenvalue weighted by atomic mass is 16.5. The molecule has 14 heavy (non-hydrogen) atoms. The Morgan fingerprint density at radius 3 is 2.64 bits per heavy atom. The van der Waals surface area contributed by atoms with Crippen LogP contribution in [0.25, 0.3) is 0 Å². The molecule has 0 heterocycles. The van der Waals surface area contributed by atoms with Gasteiger partial charge >= 0.3 is 0 Å². The van der Waals surface area contributed by atoms with E-state index in [1.165, 1.54) is 0 Å². The quantitative estimate of drug-likeness (QED) is 0.798. The molecule has 0 aliphatic rings. The standard InChI is InChI=1S/C12H19NO/c1-4-12(13)10-6-5-7-11(8-10)14-9(2)3/h5-9,12H,4,13H2,1-3H3. The third-order valence-electron chi connectivity index (χ3n) is 2.10. The Balaban J connectivity index is 2.78. The lowest BCUT2D eigenvalue weighted by Crippen LogP contribution is -2.10. The van der Waals surface area contributed by atoms with E-state index in [0.717, 1.165) is 17.7 Å². The molecular weight excluding hydrogens is 174 g/mol. The summed E-state index contributed by atoms with van der Waals surface area (Å²) in [4.78, 5) is 0. The summed E-state index contributed by atoms with van der Waals surface area (Å²) in [6.07, 6.45) is 1.16. The Morgan fingerprint density at radius 1 is 1.36 bits per heavy atom. The second kappa shape index (κ2) is 5.01.